The Balaban J connectivity index is 1.66. The van der Waals surface area contributed by atoms with Crippen LogP contribution >= 0.6 is 0 Å². The lowest BCUT2D eigenvalue weighted by Gasteiger charge is -2.18. The van der Waals surface area contributed by atoms with Crippen molar-refractivity contribution in [2.75, 3.05) is 32.2 Å². The van der Waals surface area contributed by atoms with Gasteiger partial charge in [0, 0.05) is 7.05 Å². The van der Waals surface area contributed by atoms with E-state index in [4.69, 9.17) is 9.47 Å². The van der Waals surface area contributed by atoms with Gasteiger partial charge in [-0.25, -0.2) is 0 Å². The second kappa shape index (κ2) is 7.06. The molecule has 0 saturated heterocycles. The Morgan fingerprint density at radius 2 is 1.73 bits per heavy atom. The van der Waals surface area contributed by atoms with Gasteiger partial charge >= 0.3 is 6.18 Å². The summed E-state index contributed by atoms with van der Waals surface area (Å²) in [5.74, 6) is 0.584. The van der Waals surface area contributed by atoms with Gasteiger partial charge in [-0.1, -0.05) is 0 Å². The molecule has 0 spiro atoms. The fourth-order valence-corrected chi connectivity index (χ4v) is 2.25. The number of alkyl halides is 3. The fraction of sp³-hybridized carbons (Fsp3) is 0.312. The third-order valence-corrected chi connectivity index (χ3v) is 3.65. The summed E-state index contributed by atoms with van der Waals surface area (Å²) in [6.07, 6.45) is -4.62. The van der Waals surface area contributed by atoms with E-state index < -0.39 is 12.0 Å². The number of benzene rings is 1. The molecule has 3 aromatic rings. The highest BCUT2D eigenvalue weighted by molar-refractivity contribution is 5.45. The SMILES string of the molecule is COc1ccc(OCCN(C)c2ccc3nnc(C(F)(F)F)n3n2)cc1. The van der Waals surface area contributed by atoms with E-state index >= 15 is 0 Å². The normalized spacial score (nSPS) is 11.6. The molecule has 0 N–H and O–H groups in total. The van der Waals surface area contributed by atoms with Crippen molar-refractivity contribution in [1.82, 2.24) is 19.8 Å². The molecule has 0 fully saturated rings. The third-order valence-electron chi connectivity index (χ3n) is 3.65. The summed E-state index contributed by atoms with van der Waals surface area (Å²) in [5.41, 5.74) is 0.0314. The summed E-state index contributed by atoms with van der Waals surface area (Å²) in [7, 11) is 3.29. The quantitative estimate of drug-likeness (QED) is 0.667. The van der Waals surface area contributed by atoms with E-state index in [0.717, 1.165) is 5.75 Å². The molecule has 0 aliphatic rings. The molecular weight excluding hydrogens is 351 g/mol. The number of rotatable bonds is 6. The lowest BCUT2D eigenvalue weighted by Crippen LogP contribution is -2.25. The van der Waals surface area contributed by atoms with Gasteiger partial charge < -0.3 is 14.4 Å². The minimum absolute atomic E-state index is 0.0314. The Hall–Kier alpha value is -3.04. The van der Waals surface area contributed by atoms with Crippen molar-refractivity contribution in [2.24, 2.45) is 0 Å². The minimum atomic E-state index is -4.62. The maximum Gasteiger partial charge on any atom is 0.453 e. The first kappa shape index (κ1) is 17.8. The molecule has 0 unspecified atom stereocenters. The van der Waals surface area contributed by atoms with Crippen LogP contribution in [0.15, 0.2) is 36.4 Å². The molecule has 0 bridgehead atoms. The monoisotopic (exact) mass is 367 g/mol. The van der Waals surface area contributed by atoms with Crippen LogP contribution in [0.2, 0.25) is 0 Å². The Morgan fingerprint density at radius 3 is 2.38 bits per heavy atom. The van der Waals surface area contributed by atoms with E-state index in [1.807, 2.05) is 0 Å². The molecule has 2 heterocycles. The lowest BCUT2D eigenvalue weighted by molar-refractivity contribution is -0.146. The highest BCUT2D eigenvalue weighted by Gasteiger charge is 2.37. The highest BCUT2D eigenvalue weighted by Crippen LogP contribution is 2.27. The second-order valence-corrected chi connectivity index (χ2v) is 5.43. The van der Waals surface area contributed by atoms with Crippen LogP contribution in [0.5, 0.6) is 11.5 Å². The van der Waals surface area contributed by atoms with Crippen LogP contribution in [0.25, 0.3) is 5.65 Å². The van der Waals surface area contributed by atoms with E-state index in [-0.39, 0.29) is 5.65 Å². The van der Waals surface area contributed by atoms with Crippen LogP contribution in [-0.4, -0.2) is 47.1 Å². The molecule has 0 saturated carbocycles. The van der Waals surface area contributed by atoms with Gasteiger partial charge in [0.05, 0.1) is 13.7 Å². The first-order valence-electron chi connectivity index (χ1n) is 7.66. The van der Waals surface area contributed by atoms with Gasteiger partial charge in [-0.15, -0.1) is 15.3 Å². The first-order valence-corrected chi connectivity index (χ1v) is 7.66. The zero-order valence-electron chi connectivity index (χ0n) is 14.1. The molecule has 0 amide bonds. The fourth-order valence-electron chi connectivity index (χ4n) is 2.25. The van der Waals surface area contributed by atoms with Crippen molar-refractivity contribution < 1.29 is 22.6 Å². The number of likely N-dealkylation sites (N-methyl/N-ethyl adjacent to an activating group) is 1. The number of hydrogen-bond acceptors (Lipinski definition) is 6. The number of fused-ring (bicyclic) bond motifs is 1. The Labute approximate surface area is 147 Å². The van der Waals surface area contributed by atoms with Crippen molar-refractivity contribution in [3.05, 3.63) is 42.2 Å². The van der Waals surface area contributed by atoms with E-state index in [2.05, 4.69) is 15.3 Å². The largest absolute Gasteiger partial charge is 0.497 e. The minimum Gasteiger partial charge on any atom is -0.497 e. The summed E-state index contributed by atoms with van der Waals surface area (Å²) in [6.45, 7) is 0.755. The number of aromatic nitrogens is 4. The van der Waals surface area contributed by atoms with Crippen LogP contribution < -0.4 is 14.4 Å². The van der Waals surface area contributed by atoms with E-state index in [0.29, 0.717) is 29.2 Å². The molecule has 7 nitrogen and oxygen atoms in total. The summed E-state index contributed by atoms with van der Waals surface area (Å²) in [4.78, 5) is 1.68. The van der Waals surface area contributed by atoms with Crippen molar-refractivity contribution in [3.8, 4) is 11.5 Å². The molecule has 2 aromatic heterocycles. The Kier molecular flexibility index (Phi) is 4.83. The van der Waals surface area contributed by atoms with Gasteiger partial charge in [-0.2, -0.15) is 17.7 Å². The van der Waals surface area contributed by atoms with Crippen LogP contribution in [0.3, 0.4) is 0 Å². The van der Waals surface area contributed by atoms with Gasteiger partial charge in [0.2, 0.25) is 0 Å². The Morgan fingerprint density at radius 1 is 1.04 bits per heavy atom. The van der Waals surface area contributed by atoms with Gasteiger partial charge in [-0.3, -0.25) is 0 Å². The Bertz CT molecular complexity index is 880. The van der Waals surface area contributed by atoms with E-state index in [1.165, 1.54) is 6.07 Å². The summed E-state index contributed by atoms with van der Waals surface area (Å²) in [5, 5.41) is 10.6. The molecule has 0 radical (unpaired) electrons. The van der Waals surface area contributed by atoms with Crippen LogP contribution in [0.4, 0.5) is 19.0 Å². The number of halogens is 3. The molecule has 0 aliphatic heterocycles. The number of methoxy groups -OCH3 is 1. The molecule has 1 aromatic carbocycles. The van der Waals surface area contributed by atoms with Crippen molar-refractivity contribution in [3.63, 3.8) is 0 Å². The molecule has 26 heavy (non-hydrogen) atoms. The number of anilines is 1. The van der Waals surface area contributed by atoms with Crippen LogP contribution in [0.1, 0.15) is 5.82 Å². The highest BCUT2D eigenvalue weighted by atomic mass is 19.4. The number of nitrogens with zero attached hydrogens (tertiary/aromatic N) is 5. The summed E-state index contributed by atoms with van der Waals surface area (Å²) in [6, 6.07) is 10.1. The third kappa shape index (κ3) is 3.79. The van der Waals surface area contributed by atoms with Gasteiger partial charge in [-0.05, 0) is 36.4 Å². The van der Waals surface area contributed by atoms with Crippen LogP contribution in [-0.2, 0) is 6.18 Å². The molecular formula is C16H16F3N5O2. The second-order valence-electron chi connectivity index (χ2n) is 5.43. The molecule has 10 heteroatoms. The summed E-state index contributed by atoms with van der Waals surface area (Å²) < 4.78 is 50.1. The first-order chi connectivity index (χ1) is 12.4. The number of hydrogen-bond donors (Lipinski definition) is 0. The van der Waals surface area contributed by atoms with Crippen molar-refractivity contribution in [1.29, 1.82) is 0 Å². The van der Waals surface area contributed by atoms with Gasteiger partial charge in [0.15, 0.2) is 5.65 Å². The average Bonchev–Trinajstić information content (AvgIpc) is 3.05. The smallest absolute Gasteiger partial charge is 0.453 e. The average molecular weight is 367 g/mol. The van der Waals surface area contributed by atoms with E-state index in [9.17, 15) is 13.2 Å². The predicted octanol–water partition coefficient (Wildman–Crippen LogP) is 2.67. The lowest BCUT2D eigenvalue weighted by atomic mass is 10.3. The molecule has 0 aliphatic carbocycles. The van der Waals surface area contributed by atoms with Crippen molar-refractivity contribution >= 4 is 11.5 Å². The maximum absolute atomic E-state index is 12.9. The standard InChI is InChI=1S/C16H16F3N5O2/c1-23(9-10-26-12-5-3-11(25-2)4-6-12)14-8-7-13-20-21-15(16(17,18)19)24(13)22-14/h3-8H,9-10H2,1-2H3. The van der Waals surface area contributed by atoms with Crippen LogP contribution in [0, 0.1) is 0 Å². The predicted molar refractivity (Wildman–Crippen MR) is 87.5 cm³/mol. The van der Waals surface area contributed by atoms with Gasteiger partial charge in [0.1, 0.15) is 23.9 Å². The number of ether oxygens (including phenoxy) is 2. The maximum atomic E-state index is 12.9. The summed E-state index contributed by atoms with van der Waals surface area (Å²) >= 11 is 0. The molecule has 0 atom stereocenters. The molecule has 138 valence electrons. The molecule has 3 rings (SSSR count). The zero-order valence-corrected chi connectivity index (χ0v) is 14.1. The van der Waals surface area contributed by atoms with E-state index in [1.54, 1.807) is 49.4 Å². The zero-order chi connectivity index (χ0) is 18.7. The van der Waals surface area contributed by atoms with Crippen molar-refractivity contribution in [2.45, 2.75) is 6.18 Å². The topological polar surface area (TPSA) is 64.8 Å². The van der Waals surface area contributed by atoms with Gasteiger partial charge in [0.25, 0.3) is 5.82 Å².